The van der Waals surface area contributed by atoms with E-state index in [4.69, 9.17) is 75.0 Å². The third kappa shape index (κ3) is 16.7. The van der Waals surface area contributed by atoms with Gasteiger partial charge in [0.2, 0.25) is 17.7 Å². The molecule has 3 aromatic heterocycles. The molecule has 0 radical (unpaired) electrons. The number of anilines is 1. The number of ether oxygens (including phenoxy) is 3. The van der Waals surface area contributed by atoms with Gasteiger partial charge in [-0.3, -0.25) is 14.8 Å². The van der Waals surface area contributed by atoms with Crippen LogP contribution in [0.1, 0.15) is 46.1 Å². The van der Waals surface area contributed by atoms with Gasteiger partial charge in [-0.25, -0.2) is 4.79 Å². The van der Waals surface area contributed by atoms with Gasteiger partial charge in [-0.1, -0.05) is 73.2 Å². The highest BCUT2D eigenvalue weighted by atomic mass is 35.5. The third-order valence-electron chi connectivity index (χ3n) is 6.79. The van der Waals surface area contributed by atoms with E-state index in [9.17, 15) is 27.5 Å². The molecule has 20 nitrogen and oxygen atoms in total. The molecule has 0 saturated heterocycles. The van der Waals surface area contributed by atoms with Crippen molar-refractivity contribution in [2.45, 2.75) is 58.2 Å². The average Bonchev–Trinajstić information content (AvgIpc) is 3.76. The molecule has 0 spiro atoms. The second kappa shape index (κ2) is 23.2. The lowest BCUT2D eigenvalue weighted by atomic mass is 9.97. The van der Waals surface area contributed by atoms with Crippen molar-refractivity contribution in [1.29, 1.82) is 0 Å². The van der Waals surface area contributed by atoms with E-state index in [0.29, 0.717) is 38.8 Å². The molecule has 0 aliphatic carbocycles. The summed E-state index contributed by atoms with van der Waals surface area (Å²) in [5.74, 6) is -0.630. The van der Waals surface area contributed by atoms with Gasteiger partial charge in [-0.15, -0.1) is 10.2 Å². The number of rotatable bonds is 12. The van der Waals surface area contributed by atoms with Gasteiger partial charge in [-0.2, -0.15) is 27.6 Å². The first kappa shape index (κ1) is 54.3. The first-order chi connectivity index (χ1) is 28.5. The monoisotopic (exact) mass is 1010 g/mol. The van der Waals surface area contributed by atoms with Gasteiger partial charge < -0.3 is 38.1 Å². The van der Waals surface area contributed by atoms with Crippen molar-refractivity contribution >= 4 is 92.4 Å². The number of aryl methyl sites for hydroxylation is 1. The van der Waals surface area contributed by atoms with E-state index in [0.717, 1.165) is 9.20 Å². The maximum absolute atomic E-state index is 12.7. The molecule has 0 aliphatic rings. The van der Waals surface area contributed by atoms with Gasteiger partial charge in [-0.05, 0) is 49.4 Å². The van der Waals surface area contributed by atoms with Crippen molar-refractivity contribution < 1.29 is 51.3 Å². The van der Waals surface area contributed by atoms with Gasteiger partial charge in [0, 0.05) is 11.5 Å². The summed E-state index contributed by atoms with van der Waals surface area (Å²) in [5.41, 5.74) is 0.682. The minimum absolute atomic E-state index is 0.0111. The fourth-order valence-electron chi connectivity index (χ4n) is 4.16. The SMILES string of the molecule is CC(C)Oc1cc(-n2nc(C(C)(C)C)oc2=O)c(Cl)cc1Cl.COc1cc(OC)n2nc(S(=O)(=O)Nc3c(Cl)ccc(C)c3Cl)nc2n1.C[S+](C)C.O=C(O)CNCP(=O)([O-])O. The van der Waals surface area contributed by atoms with E-state index >= 15 is 0 Å². The fraction of sp³-hybridized carbons (Fsp3) is 0.429. The van der Waals surface area contributed by atoms with E-state index in [-0.39, 0.29) is 49.8 Å². The molecule has 1 unspecified atom stereocenters. The molecule has 5 aromatic rings. The topological polar surface area (TPSA) is 275 Å². The van der Waals surface area contributed by atoms with Crippen LogP contribution in [-0.4, -0.2) is 106 Å². The number of hydrogen-bond donors (Lipinski definition) is 4. The molecule has 5 rings (SSSR count). The summed E-state index contributed by atoms with van der Waals surface area (Å²) >= 11 is 24.5. The lowest BCUT2D eigenvalue weighted by molar-refractivity contribution is -0.193. The third-order valence-corrected chi connectivity index (χ3v) is 9.94. The molecule has 4 N–H and O–H groups in total. The Labute approximate surface area is 380 Å². The van der Waals surface area contributed by atoms with Crippen molar-refractivity contribution in [1.82, 2.24) is 34.7 Å². The first-order valence-corrected chi connectivity index (χ1v) is 24.8. The Bertz CT molecular complexity index is 2540. The molecule has 0 saturated carbocycles. The Kier molecular flexibility index (Phi) is 20.3. The number of sulfonamides is 1. The van der Waals surface area contributed by atoms with Gasteiger partial charge >= 0.3 is 11.7 Å². The number of methoxy groups -OCH3 is 2. The number of carbonyl (C=O) groups is 1. The van der Waals surface area contributed by atoms with Gasteiger partial charge in [0.05, 0.1) is 89.5 Å². The maximum Gasteiger partial charge on any atom is 0.442 e. The highest BCUT2D eigenvalue weighted by Crippen LogP contribution is 2.35. The number of benzene rings is 2. The summed E-state index contributed by atoms with van der Waals surface area (Å²) in [5, 5.41) is 18.6. The summed E-state index contributed by atoms with van der Waals surface area (Å²) in [6.45, 7) is 10.7. The molecular formula is C35H47Cl4N8O12PS2. The zero-order valence-electron chi connectivity index (χ0n) is 35.3. The Morgan fingerprint density at radius 2 is 1.63 bits per heavy atom. The summed E-state index contributed by atoms with van der Waals surface area (Å²) in [7, 11) is -5.08. The predicted molar refractivity (Wildman–Crippen MR) is 238 cm³/mol. The van der Waals surface area contributed by atoms with Crippen LogP contribution in [0, 0.1) is 6.92 Å². The van der Waals surface area contributed by atoms with Crippen LogP contribution in [0.4, 0.5) is 5.69 Å². The van der Waals surface area contributed by atoms with Gasteiger partial charge in [0.15, 0.2) is 0 Å². The lowest BCUT2D eigenvalue weighted by Gasteiger charge is -2.14. The van der Waals surface area contributed by atoms with Crippen LogP contribution >= 0.6 is 54.0 Å². The number of nitrogens with one attached hydrogen (secondary N) is 2. The van der Waals surface area contributed by atoms with Crippen LogP contribution in [0.25, 0.3) is 11.5 Å². The van der Waals surface area contributed by atoms with E-state index < -0.39 is 47.3 Å². The molecule has 0 aliphatic heterocycles. The molecule has 2 aromatic carbocycles. The largest absolute Gasteiger partial charge is 0.778 e. The van der Waals surface area contributed by atoms with Crippen LogP contribution in [-0.2, 0) is 35.7 Å². The number of hydrogen-bond acceptors (Lipinski definition) is 15. The normalized spacial score (nSPS) is 12.3. The maximum atomic E-state index is 12.7. The fourth-order valence-corrected chi connectivity index (χ4v) is 6.60. The molecule has 0 bridgehead atoms. The van der Waals surface area contributed by atoms with Crippen molar-refractivity contribution in [3.8, 4) is 23.2 Å². The van der Waals surface area contributed by atoms with Crippen LogP contribution in [0.3, 0.4) is 0 Å². The Morgan fingerprint density at radius 1 is 1.02 bits per heavy atom. The molecule has 27 heteroatoms. The van der Waals surface area contributed by atoms with Crippen molar-refractivity contribution in [3.63, 3.8) is 0 Å². The van der Waals surface area contributed by atoms with E-state index in [1.165, 1.54) is 32.4 Å². The minimum Gasteiger partial charge on any atom is -0.778 e. The molecule has 344 valence electrons. The van der Waals surface area contributed by atoms with Crippen LogP contribution in [0.2, 0.25) is 20.1 Å². The smallest absolute Gasteiger partial charge is 0.442 e. The number of carboxylic acid groups (broad SMARTS) is 1. The first-order valence-electron chi connectivity index (χ1n) is 17.6. The lowest BCUT2D eigenvalue weighted by Crippen LogP contribution is -2.25. The van der Waals surface area contributed by atoms with Crippen molar-refractivity contribution in [3.05, 3.63) is 72.4 Å². The Morgan fingerprint density at radius 3 is 2.13 bits per heavy atom. The molecule has 1 atom stereocenters. The number of fused-ring (bicyclic) bond motifs is 1. The highest BCUT2D eigenvalue weighted by Gasteiger charge is 2.26. The standard InChI is InChI=1S/C15H18Cl2N2O3.C14H13Cl2N5O4S.C3H8NO5P.C3H9S/c1-8(2)21-12-7-11(9(16)6-10(12)17)19-14(20)22-13(18-19)15(3,4)5;1-7-4-5-8(15)12(11(7)16)20-26(22,23)14-18-13-17-9(24-2)6-10(25-3)21(13)19-14;5-3(6)1-4-2-10(7,8)9;1-4(2)3/h6-8H,1-5H3;4-6,20H,1-3H3;4H,1-2H2,(H,5,6)(H2,7,8,9);1-3H3/q;;;+1/p-1. The second-order valence-corrected chi connectivity index (χ2v) is 21.4. The van der Waals surface area contributed by atoms with Gasteiger partial charge in [0.1, 0.15) is 13.3 Å². The molecule has 3 heterocycles. The highest BCUT2D eigenvalue weighted by molar-refractivity contribution is 7.94. The van der Waals surface area contributed by atoms with Gasteiger partial charge in [0.25, 0.3) is 21.0 Å². The van der Waals surface area contributed by atoms with E-state index in [1.807, 2.05) is 39.9 Å². The summed E-state index contributed by atoms with van der Waals surface area (Å²) in [6, 6.07) is 7.76. The summed E-state index contributed by atoms with van der Waals surface area (Å²) in [6.07, 6.45) is 5.81. The predicted octanol–water partition coefficient (Wildman–Crippen LogP) is 5.43. The zero-order valence-corrected chi connectivity index (χ0v) is 40.9. The molecule has 0 amide bonds. The Hall–Kier alpha value is -3.83. The Balaban J connectivity index is 0.000000331. The molecular weight excluding hydrogens is 961 g/mol. The van der Waals surface area contributed by atoms with Crippen LogP contribution in [0.15, 0.2) is 44.7 Å². The summed E-state index contributed by atoms with van der Waals surface area (Å²) < 4.78 is 60.8. The number of carboxylic acids is 1. The number of halogens is 4. The molecule has 0 fully saturated rings. The number of nitrogens with zero attached hydrogens (tertiary/aromatic N) is 6. The number of aliphatic carboxylic acids is 1. The number of aromatic nitrogens is 6. The zero-order chi connectivity index (χ0) is 47.5. The second-order valence-electron chi connectivity index (χ2n) is 14.2. The van der Waals surface area contributed by atoms with E-state index in [2.05, 4.69) is 43.7 Å². The van der Waals surface area contributed by atoms with E-state index in [1.54, 1.807) is 19.1 Å². The van der Waals surface area contributed by atoms with Crippen molar-refractivity contribution in [2.24, 2.45) is 0 Å². The minimum atomic E-state index is -4.35. The quantitative estimate of drug-likeness (QED) is 0.0895. The molecule has 62 heavy (non-hydrogen) atoms. The van der Waals surface area contributed by atoms with Crippen LogP contribution < -0.4 is 34.9 Å². The summed E-state index contributed by atoms with van der Waals surface area (Å²) in [4.78, 5) is 47.8. The van der Waals surface area contributed by atoms with Crippen LogP contribution in [0.5, 0.6) is 17.5 Å². The average molecular weight is 1010 g/mol. The van der Waals surface area contributed by atoms with Crippen molar-refractivity contribution in [2.75, 3.05) is 50.5 Å².